The van der Waals surface area contributed by atoms with E-state index < -0.39 is 0 Å². The van der Waals surface area contributed by atoms with E-state index in [1.807, 2.05) is 19.1 Å². The summed E-state index contributed by atoms with van der Waals surface area (Å²) in [6, 6.07) is 10.3. The maximum absolute atomic E-state index is 13.8. The van der Waals surface area contributed by atoms with E-state index in [-0.39, 0.29) is 18.2 Å². The Hall–Kier alpha value is -2.20. The molecule has 0 spiro atoms. The summed E-state index contributed by atoms with van der Waals surface area (Å²) in [7, 11) is 0. The van der Waals surface area contributed by atoms with Crippen molar-refractivity contribution in [3.05, 3.63) is 54.1 Å². The molecule has 0 aliphatic carbocycles. The Morgan fingerprint density at radius 1 is 1.14 bits per heavy atom. The van der Waals surface area contributed by atoms with Crippen molar-refractivity contribution in [2.45, 2.75) is 13.3 Å². The van der Waals surface area contributed by atoms with E-state index in [9.17, 15) is 4.39 Å². The molecule has 0 aliphatic rings. The number of fused-ring (bicyclic) bond motifs is 1. The number of halogens is 2. The first-order valence-corrected chi connectivity index (χ1v) is 6.49. The molecule has 0 aliphatic heterocycles. The molecule has 0 radical (unpaired) electrons. The Morgan fingerprint density at radius 2 is 1.95 bits per heavy atom. The van der Waals surface area contributed by atoms with E-state index in [2.05, 4.69) is 9.97 Å². The fraction of sp³-hybridized carbons (Fsp3) is 0.125. The summed E-state index contributed by atoms with van der Waals surface area (Å²) in [5.74, 6) is 0.193. The van der Waals surface area contributed by atoms with Crippen molar-refractivity contribution in [3.63, 3.8) is 0 Å². The van der Waals surface area contributed by atoms with Gasteiger partial charge >= 0.3 is 0 Å². The van der Waals surface area contributed by atoms with Crippen molar-refractivity contribution in [2.75, 3.05) is 5.73 Å². The summed E-state index contributed by atoms with van der Waals surface area (Å²) in [5.41, 5.74) is 8.98. The van der Waals surface area contributed by atoms with Crippen LogP contribution in [0.3, 0.4) is 0 Å². The molecule has 21 heavy (non-hydrogen) atoms. The zero-order chi connectivity index (χ0) is 14.1. The van der Waals surface area contributed by atoms with Crippen molar-refractivity contribution >= 4 is 29.1 Å². The molecule has 0 saturated carbocycles. The van der Waals surface area contributed by atoms with Gasteiger partial charge in [-0.2, -0.15) is 0 Å². The normalized spacial score (nSPS) is 10.4. The van der Waals surface area contributed by atoms with Crippen LogP contribution in [0.25, 0.3) is 22.0 Å². The Morgan fingerprint density at radius 3 is 2.71 bits per heavy atom. The summed E-state index contributed by atoms with van der Waals surface area (Å²) < 4.78 is 13.8. The summed E-state index contributed by atoms with van der Waals surface area (Å²) >= 11 is 0. The van der Waals surface area contributed by atoms with Gasteiger partial charge in [-0.15, -0.1) is 12.4 Å². The van der Waals surface area contributed by atoms with E-state index in [0.717, 1.165) is 34.1 Å². The van der Waals surface area contributed by atoms with Gasteiger partial charge in [0.15, 0.2) is 0 Å². The van der Waals surface area contributed by atoms with E-state index in [1.54, 1.807) is 18.3 Å². The van der Waals surface area contributed by atoms with E-state index in [4.69, 9.17) is 5.73 Å². The molecular formula is C16H15ClFN3. The maximum atomic E-state index is 13.8. The van der Waals surface area contributed by atoms with Crippen LogP contribution in [0.1, 0.15) is 12.6 Å². The molecule has 2 heterocycles. The number of benzene rings is 1. The molecule has 0 atom stereocenters. The predicted octanol–water partition coefficient (Wildman–Crippen LogP) is 4.00. The van der Waals surface area contributed by atoms with Crippen LogP contribution in [0.5, 0.6) is 0 Å². The van der Waals surface area contributed by atoms with Crippen LogP contribution in [0.15, 0.2) is 42.6 Å². The molecule has 0 bridgehead atoms. The molecular weight excluding hydrogens is 289 g/mol. The second kappa shape index (κ2) is 6.06. The highest BCUT2D eigenvalue weighted by molar-refractivity contribution is 5.94. The third-order valence-corrected chi connectivity index (χ3v) is 3.29. The first kappa shape index (κ1) is 15.2. The van der Waals surface area contributed by atoms with Gasteiger partial charge in [0.25, 0.3) is 0 Å². The molecule has 0 amide bonds. The zero-order valence-corrected chi connectivity index (χ0v) is 12.3. The topological polar surface area (TPSA) is 51.8 Å². The first-order valence-electron chi connectivity index (χ1n) is 6.49. The average molecular weight is 304 g/mol. The standard InChI is InChI=1S/C16H14FN3.ClH/c1-2-14-12(5-6-15(18)20-14)13-9-11(17)8-10-4-3-7-19-16(10)13;/h3-9H,2H2,1H3,(H2,18,20);1H. The van der Waals surface area contributed by atoms with Crippen molar-refractivity contribution in [3.8, 4) is 11.1 Å². The van der Waals surface area contributed by atoms with E-state index in [0.29, 0.717) is 5.82 Å². The monoisotopic (exact) mass is 303 g/mol. The lowest BCUT2D eigenvalue weighted by Gasteiger charge is -2.11. The number of anilines is 1. The van der Waals surface area contributed by atoms with Crippen molar-refractivity contribution < 1.29 is 4.39 Å². The van der Waals surface area contributed by atoms with E-state index >= 15 is 0 Å². The average Bonchev–Trinajstić information content (AvgIpc) is 2.46. The van der Waals surface area contributed by atoms with Crippen LogP contribution in [-0.2, 0) is 6.42 Å². The quantitative estimate of drug-likeness (QED) is 0.778. The lowest BCUT2D eigenvalue weighted by atomic mass is 9.99. The van der Waals surface area contributed by atoms with Gasteiger partial charge in [-0.25, -0.2) is 9.37 Å². The lowest BCUT2D eigenvalue weighted by molar-refractivity contribution is 0.630. The van der Waals surface area contributed by atoms with Crippen LogP contribution in [-0.4, -0.2) is 9.97 Å². The SMILES string of the molecule is CCc1nc(N)ccc1-c1cc(F)cc2cccnc12.Cl. The minimum Gasteiger partial charge on any atom is -0.384 e. The Labute approximate surface area is 128 Å². The summed E-state index contributed by atoms with van der Waals surface area (Å²) in [4.78, 5) is 8.70. The number of rotatable bonds is 2. The summed E-state index contributed by atoms with van der Waals surface area (Å²) in [6.07, 6.45) is 2.44. The molecule has 108 valence electrons. The van der Waals surface area contributed by atoms with Gasteiger partial charge in [0, 0.05) is 22.7 Å². The number of nitrogen functional groups attached to an aromatic ring is 1. The fourth-order valence-corrected chi connectivity index (χ4v) is 2.39. The van der Waals surface area contributed by atoms with Gasteiger partial charge in [-0.1, -0.05) is 13.0 Å². The predicted molar refractivity (Wildman–Crippen MR) is 86.0 cm³/mol. The van der Waals surface area contributed by atoms with Gasteiger partial charge in [-0.05, 0) is 36.8 Å². The van der Waals surface area contributed by atoms with Crippen molar-refractivity contribution in [1.29, 1.82) is 0 Å². The van der Waals surface area contributed by atoms with Crippen LogP contribution in [0, 0.1) is 5.82 Å². The molecule has 2 aromatic heterocycles. The van der Waals surface area contributed by atoms with Crippen LogP contribution >= 0.6 is 12.4 Å². The highest BCUT2D eigenvalue weighted by atomic mass is 35.5. The molecule has 5 heteroatoms. The number of aromatic nitrogens is 2. The molecule has 3 nitrogen and oxygen atoms in total. The number of hydrogen-bond acceptors (Lipinski definition) is 3. The molecule has 0 saturated heterocycles. The molecule has 3 aromatic rings. The molecule has 0 fully saturated rings. The Balaban J connectivity index is 0.00000161. The number of hydrogen-bond donors (Lipinski definition) is 1. The number of nitrogens with two attached hydrogens (primary N) is 1. The second-order valence-corrected chi connectivity index (χ2v) is 4.61. The Kier molecular flexibility index (Phi) is 4.38. The minimum atomic E-state index is -0.278. The van der Waals surface area contributed by atoms with Gasteiger partial charge in [0.1, 0.15) is 11.6 Å². The van der Waals surface area contributed by atoms with Gasteiger partial charge in [0.2, 0.25) is 0 Å². The second-order valence-electron chi connectivity index (χ2n) is 4.61. The zero-order valence-electron chi connectivity index (χ0n) is 11.5. The smallest absolute Gasteiger partial charge is 0.124 e. The molecule has 0 unspecified atom stereocenters. The first-order chi connectivity index (χ1) is 9.69. The third kappa shape index (κ3) is 2.81. The van der Waals surface area contributed by atoms with Gasteiger partial charge < -0.3 is 5.73 Å². The van der Waals surface area contributed by atoms with Crippen molar-refractivity contribution in [2.24, 2.45) is 0 Å². The van der Waals surface area contributed by atoms with E-state index in [1.165, 1.54) is 12.1 Å². The largest absolute Gasteiger partial charge is 0.384 e. The highest BCUT2D eigenvalue weighted by Gasteiger charge is 2.12. The highest BCUT2D eigenvalue weighted by Crippen LogP contribution is 2.30. The van der Waals surface area contributed by atoms with Crippen LogP contribution in [0.2, 0.25) is 0 Å². The number of pyridine rings is 2. The third-order valence-electron chi connectivity index (χ3n) is 3.29. The Bertz CT molecular complexity index is 790. The number of nitrogens with zero attached hydrogens (tertiary/aromatic N) is 2. The van der Waals surface area contributed by atoms with Crippen LogP contribution in [0.4, 0.5) is 10.2 Å². The molecule has 1 aromatic carbocycles. The lowest BCUT2D eigenvalue weighted by Crippen LogP contribution is -1.98. The van der Waals surface area contributed by atoms with Crippen LogP contribution < -0.4 is 5.73 Å². The molecule has 3 rings (SSSR count). The van der Waals surface area contributed by atoms with Crippen molar-refractivity contribution in [1.82, 2.24) is 9.97 Å². The summed E-state index contributed by atoms with van der Waals surface area (Å²) in [5, 5.41) is 0.779. The fourth-order valence-electron chi connectivity index (χ4n) is 2.39. The minimum absolute atomic E-state index is 0. The maximum Gasteiger partial charge on any atom is 0.124 e. The van der Waals surface area contributed by atoms with Gasteiger partial charge in [-0.3, -0.25) is 4.98 Å². The number of aryl methyl sites for hydroxylation is 1. The molecule has 2 N–H and O–H groups in total. The van der Waals surface area contributed by atoms with Gasteiger partial charge in [0.05, 0.1) is 11.2 Å². The summed E-state index contributed by atoms with van der Waals surface area (Å²) in [6.45, 7) is 2.00.